The molecule has 13 heteroatoms. The molecule has 0 saturated carbocycles. The molecule has 216 valence electrons. The first-order valence-electron chi connectivity index (χ1n) is 12.6. The SMILES string of the molecule is C=C(C)OCc1ccc(NC(=O)[C@@H](CCCNC(N)=O)NC(=O)[C@H](NC(=O)CNC(=O)CNC)C(C)C)cc1. The fraction of sp³-hybridized carbons (Fsp3) is 0.500. The molecule has 39 heavy (non-hydrogen) atoms. The van der Waals surface area contributed by atoms with Crippen molar-refractivity contribution in [2.75, 3.05) is 32.0 Å². The highest BCUT2D eigenvalue weighted by molar-refractivity contribution is 5.98. The van der Waals surface area contributed by atoms with Crippen molar-refractivity contribution in [2.24, 2.45) is 11.7 Å². The van der Waals surface area contributed by atoms with Gasteiger partial charge in [-0.15, -0.1) is 0 Å². The van der Waals surface area contributed by atoms with E-state index >= 15 is 0 Å². The first-order chi connectivity index (χ1) is 18.4. The van der Waals surface area contributed by atoms with E-state index < -0.39 is 35.8 Å². The minimum atomic E-state index is -0.966. The molecule has 2 atom stereocenters. The number of carbonyl (C=O) groups excluding carboxylic acids is 5. The maximum Gasteiger partial charge on any atom is 0.312 e. The number of anilines is 1. The highest BCUT2D eigenvalue weighted by atomic mass is 16.5. The van der Waals surface area contributed by atoms with Gasteiger partial charge in [-0.1, -0.05) is 32.6 Å². The van der Waals surface area contributed by atoms with Gasteiger partial charge in [0, 0.05) is 12.2 Å². The molecule has 1 aromatic rings. The highest BCUT2D eigenvalue weighted by Gasteiger charge is 2.29. The van der Waals surface area contributed by atoms with Crippen LogP contribution in [0, 0.1) is 5.92 Å². The van der Waals surface area contributed by atoms with E-state index in [0.29, 0.717) is 24.5 Å². The number of hydrogen-bond acceptors (Lipinski definition) is 7. The summed E-state index contributed by atoms with van der Waals surface area (Å²) in [7, 11) is 1.60. The van der Waals surface area contributed by atoms with Crippen molar-refractivity contribution in [3.05, 3.63) is 42.2 Å². The van der Waals surface area contributed by atoms with E-state index in [1.807, 2.05) is 0 Å². The fourth-order valence-corrected chi connectivity index (χ4v) is 3.33. The van der Waals surface area contributed by atoms with Crippen LogP contribution in [0.4, 0.5) is 10.5 Å². The standard InChI is InChI=1S/C26H41N7O6/c1-16(2)23(33-22(35)14-30-21(34)13-28-5)25(37)32-20(7-6-12-29-26(27)38)24(36)31-19-10-8-18(9-11-19)15-39-17(3)4/h8-11,16,20,23,28H,3,6-7,12-15H2,1-2,4-5H3,(H,30,34)(H,31,36)(H,32,37)(H,33,35)(H3,27,29,38)/t20-,23-/m1/s1. The van der Waals surface area contributed by atoms with Crippen LogP contribution in [0.2, 0.25) is 0 Å². The second-order valence-electron chi connectivity index (χ2n) is 9.27. The Morgan fingerprint density at radius 2 is 1.62 bits per heavy atom. The van der Waals surface area contributed by atoms with E-state index in [1.54, 1.807) is 52.1 Å². The Labute approximate surface area is 229 Å². The number of primary amides is 1. The molecule has 0 aliphatic carbocycles. The van der Waals surface area contributed by atoms with Gasteiger partial charge >= 0.3 is 6.03 Å². The van der Waals surface area contributed by atoms with Gasteiger partial charge in [-0.3, -0.25) is 19.2 Å². The van der Waals surface area contributed by atoms with Crippen molar-refractivity contribution in [1.82, 2.24) is 26.6 Å². The zero-order valence-electron chi connectivity index (χ0n) is 23.0. The van der Waals surface area contributed by atoms with Crippen LogP contribution in [0.5, 0.6) is 0 Å². The maximum atomic E-state index is 13.1. The summed E-state index contributed by atoms with van der Waals surface area (Å²) < 4.78 is 5.39. The summed E-state index contributed by atoms with van der Waals surface area (Å²) in [6.45, 7) is 9.23. The Kier molecular flexibility index (Phi) is 14.7. The lowest BCUT2D eigenvalue weighted by Gasteiger charge is -2.25. The van der Waals surface area contributed by atoms with Crippen molar-refractivity contribution < 1.29 is 28.7 Å². The van der Waals surface area contributed by atoms with Crippen molar-refractivity contribution in [2.45, 2.75) is 52.3 Å². The molecule has 6 amide bonds. The second-order valence-corrected chi connectivity index (χ2v) is 9.27. The molecule has 1 aromatic carbocycles. The number of carbonyl (C=O) groups is 5. The van der Waals surface area contributed by atoms with Crippen LogP contribution in [-0.2, 0) is 30.5 Å². The topological polar surface area (TPSA) is 193 Å². The van der Waals surface area contributed by atoms with Gasteiger partial charge in [0.05, 0.1) is 18.8 Å². The molecule has 0 heterocycles. The molecule has 0 radical (unpaired) electrons. The van der Waals surface area contributed by atoms with E-state index in [1.165, 1.54) is 0 Å². The van der Waals surface area contributed by atoms with Crippen LogP contribution in [-0.4, -0.2) is 68.4 Å². The average molecular weight is 548 g/mol. The summed E-state index contributed by atoms with van der Waals surface area (Å²) in [6, 6.07) is 4.40. The normalized spacial score (nSPS) is 12.0. The van der Waals surface area contributed by atoms with E-state index in [-0.39, 0.29) is 37.9 Å². The van der Waals surface area contributed by atoms with E-state index in [4.69, 9.17) is 10.5 Å². The van der Waals surface area contributed by atoms with Gasteiger partial charge in [0.25, 0.3) is 0 Å². The summed E-state index contributed by atoms with van der Waals surface area (Å²) in [5, 5.41) is 15.7. The molecule has 8 N–H and O–H groups in total. The summed E-state index contributed by atoms with van der Waals surface area (Å²) in [5.74, 6) is -1.66. The lowest BCUT2D eigenvalue weighted by Crippen LogP contribution is -2.55. The monoisotopic (exact) mass is 547 g/mol. The molecule has 0 aliphatic rings. The average Bonchev–Trinajstić information content (AvgIpc) is 2.87. The minimum Gasteiger partial charge on any atom is -0.494 e. The van der Waals surface area contributed by atoms with Crippen LogP contribution in [0.15, 0.2) is 36.6 Å². The number of benzene rings is 1. The third-order valence-electron chi connectivity index (χ3n) is 5.36. The zero-order chi connectivity index (χ0) is 29.4. The van der Waals surface area contributed by atoms with Crippen molar-refractivity contribution in [1.29, 1.82) is 0 Å². The van der Waals surface area contributed by atoms with E-state index in [0.717, 1.165) is 5.56 Å². The number of hydrogen-bond donors (Lipinski definition) is 7. The molecule has 0 aliphatic heterocycles. The van der Waals surface area contributed by atoms with Crippen LogP contribution in [0.1, 0.15) is 39.2 Å². The van der Waals surface area contributed by atoms with Gasteiger partial charge in [0.2, 0.25) is 23.6 Å². The number of amides is 6. The van der Waals surface area contributed by atoms with E-state index in [2.05, 4.69) is 38.5 Å². The van der Waals surface area contributed by atoms with Gasteiger partial charge in [0.1, 0.15) is 18.7 Å². The molecule has 0 fully saturated rings. The van der Waals surface area contributed by atoms with Gasteiger partial charge in [-0.05, 0) is 50.4 Å². The zero-order valence-corrected chi connectivity index (χ0v) is 23.0. The quantitative estimate of drug-likeness (QED) is 0.106. The largest absolute Gasteiger partial charge is 0.494 e. The molecule has 0 saturated heterocycles. The molecule has 1 rings (SSSR count). The number of urea groups is 1. The first-order valence-corrected chi connectivity index (χ1v) is 12.6. The summed E-state index contributed by atoms with van der Waals surface area (Å²) in [4.78, 5) is 61.2. The Morgan fingerprint density at radius 3 is 2.18 bits per heavy atom. The summed E-state index contributed by atoms with van der Waals surface area (Å²) >= 11 is 0. The minimum absolute atomic E-state index is 0.0494. The predicted molar refractivity (Wildman–Crippen MR) is 147 cm³/mol. The number of ether oxygens (including phenoxy) is 1. The Morgan fingerprint density at radius 1 is 0.949 bits per heavy atom. The Bertz CT molecular complexity index is 997. The Hall–Kier alpha value is -4.13. The van der Waals surface area contributed by atoms with Crippen molar-refractivity contribution in [3.63, 3.8) is 0 Å². The number of likely N-dealkylation sites (N-methyl/N-ethyl adjacent to an activating group) is 1. The van der Waals surface area contributed by atoms with Crippen molar-refractivity contribution >= 4 is 35.3 Å². The number of allylic oxidation sites excluding steroid dienone is 1. The fourth-order valence-electron chi connectivity index (χ4n) is 3.33. The third kappa shape index (κ3) is 13.8. The van der Waals surface area contributed by atoms with Crippen LogP contribution < -0.4 is 37.6 Å². The maximum absolute atomic E-state index is 13.1. The van der Waals surface area contributed by atoms with E-state index in [9.17, 15) is 24.0 Å². The molecule has 0 unspecified atom stereocenters. The smallest absolute Gasteiger partial charge is 0.312 e. The van der Waals surface area contributed by atoms with Crippen LogP contribution >= 0.6 is 0 Å². The first kappa shape index (κ1) is 32.9. The molecule has 0 spiro atoms. The lowest BCUT2D eigenvalue weighted by molar-refractivity contribution is -0.132. The number of nitrogens with one attached hydrogen (secondary N) is 6. The lowest BCUT2D eigenvalue weighted by atomic mass is 10.0. The molecular weight excluding hydrogens is 506 g/mol. The van der Waals surface area contributed by atoms with Crippen LogP contribution in [0.3, 0.4) is 0 Å². The predicted octanol–water partition coefficient (Wildman–Crippen LogP) is 0.0850. The Balaban J connectivity index is 2.89. The molecule has 13 nitrogen and oxygen atoms in total. The van der Waals surface area contributed by atoms with Gasteiger partial charge in [-0.2, -0.15) is 0 Å². The molecule has 0 aromatic heterocycles. The third-order valence-corrected chi connectivity index (χ3v) is 5.36. The summed E-state index contributed by atoms with van der Waals surface area (Å²) in [6.07, 6.45) is 0.552. The number of nitrogens with two attached hydrogens (primary N) is 1. The number of rotatable bonds is 17. The van der Waals surface area contributed by atoms with Gasteiger partial charge in [-0.25, -0.2) is 4.79 Å². The van der Waals surface area contributed by atoms with Gasteiger partial charge < -0.3 is 42.4 Å². The van der Waals surface area contributed by atoms with Crippen LogP contribution in [0.25, 0.3) is 0 Å². The highest BCUT2D eigenvalue weighted by Crippen LogP contribution is 2.13. The second kappa shape index (κ2) is 17.4. The van der Waals surface area contributed by atoms with Gasteiger partial charge in [0.15, 0.2) is 0 Å². The van der Waals surface area contributed by atoms with Crippen molar-refractivity contribution in [3.8, 4) is 0 Å². The summed E-state index contributed by atoms with van der Waals surface area (Å²) in [5.41, 5.74) is 6.50. The molecular formula is C26H41N7O6. The molecule has 0 bridgehead atoms.